The third-order valence-corrected chi connectivity index (χ3v) is 6.58. The molecule has 0 bridgehead atoms. The first-order valence-electron chi connectivity index (χ1n) is 10.6. The predicted octanol–water partition coefficient (Wildman–Crippen LogP) is 5.42. The summed E-state index contributed by atoms with van der Waals surface area (Å²) in [7, 11) is 8.95. The van der Waals surface area contributed by atoms with Crippen LogP contribution in [0.3, 0.4) is 0 Å². The van der Waals surface area contributed by atoms with Gasteiger partial charge in [-0.05, 0) is 42.4 Å². The standard InChI is InChI=1S/C25H26BN2O/c1-16-7-9-19-20-10-8-17(2)27-24(20)29-23(19)22(16)21-15-18(11-14-28(21)3)25(26)12-5-4-6-13-25/h7-11,14-15H,4-6,12-13H2,1-3H3/q+1. The van der Waals surface area contributed by atoms with Crippen LogP contribution in [0.2, 0.25) is 0 Å². The van der Waals surface area contributed by atoms with E-state index in [0.29, 0.717) is 5.71 Å². The maximum Gasteiger partial charge on any atom is 0.227 e. The molecule has 1 saturated carbocycles. The molecule has 2 radical (unpaired) electrons. The molecule has 0 unspecified atom stereocenters. The number of furan rings is 1. The van der Waals surface area contributed by atoms with Gasteiger partial charge in [-0.15, -0.1) is 0 Å². The van der Waals surface area contributed by atoms with E-state index in [9.17, 15) is 0 Å². The van der Waals surface area contributed by atoms with Crippen molar-refractivity contribution in [2.75, 3.05) is 0 Å². The van der Waals surface area contributed by atoms with E-state index in [1.165, 1.54) is 30.4 Å². The second-order valence-electron chi connectivity index (χ2n) is 8.67. The SMILES string of the molecule is [B]C1(c2cc[n+](C)c(-c3c(C)ccc4c3oc3nc(C)ccc34)c2)CCCCC1. The minimum Gasteiger partial charge on any atom is -0.437 e. The molecular weight excluding hydrogens is 355 g/mol. The molecule has 4 heteroatoms. The summed E-state index contributed by atoms with van der Waals surface area (Å²) in [6, 6.07) is 12.9. The lowest BCUT2D eigenvalue weighted by Gasteiger charge is -2.34. The van der Waals surface area contributed by atoms with E-state index in [1.54, 1.807) is 0 Å². The van der Waals surface area contributed by atoms with Crippen molar-refractivity contribution < 1.29 is 8.98 Å². The van der Waals surface area contributed by atoms with Gasteiger partial charge in [0, 0.05) is 28.6 Å². The summed E-state index contributed by atoms with van der Waals surface area (Å²) in [5.41, 5.74) is 7.25. The highest BCUT2D eigenvalue weighted by Gasteiger charge is 2.31. The molecule has 5 rings (SSSR count). The molecule has 3 aromatic heterocycles. The molecule has 1 aliphatic rings. The normalized spacial score (nSPS) is 16.5. The number of aromatic nitrogens is 2. The predicted molar refractivity (Wildman–Crippen MR) is 118 cm³/mol. The van der Waals surface area contributed by atoms with E-state index in [0.717, 1.165) is 46.1 Å². The van der Waals surface area contributed by atoms with Crippen molar-refractivity contribution in [3.8, 4) is 11.3 Å². The van der Waals surface area contributed by atoms with Gasteiger partial charge in [0.2, 0.25) is 11.4 Å². The number of pyridine rings is 2. The number of rotatable bonds is 2. The number of hydrogen-bond acceptors (Lipinski definition) is 2. The number of fused-ring (bicyclic) bond motifs is 3. The Morgan fingerprint density at radius 1 is 1.00 bits per heavy atom. The van der Waals surface area contributed by atoms with Gasteiger partial charge in [0.15, 0.2) is 11.8 Å². The van der Waals surface area contributed by atoms with Crippen molar-refractivity contribution >= 4 is 29.9 Å². The van der Waals surface area contributed by atoms with Gasteiger partial charge in [0.05, 0.1) is 13.4 Å². The van der Waals surface area contributed by atoms with Crippen LogP contribution >= 0.6 is 0 Å². The molecule has 3 nitrogen and oxygen atoms in total. The highest BCUT2D eigenvalue weighted by Crippen LogP contribution is 2.40. The van der Waals surface area contributed by atoms with Crippen LogP contribution in [-0.2, 0) is 12.4 Å². The zero-order valence-corrected chi connectivity index (χ0v) is 17.5. The molecule has 3 heterocycles. The molecule has 0 aliphatic heterocycles. The second kappa shape index (κ2) is 6.72. The fourth-order valence-corrected chi connectivity index (χ4v) is 4.83. The Balaban J connectivity index is 1.76. The third-order valence-electron chi connectivity index (χ3n) is 6.58. The Labute approximate surface area is 173 Å². The van der Waals surface area contributed by atoms with Crippen molar-refractivity contribution in [2.45, 2.75) is 51.3 Å². The topological polar surface area (TPSA) is 29.9 Å². The van der Waals surface area contributed by atoms with Gasteiger partial charge in [0.25, 0.3) is 0 Å². The summed E-state index contributed by atoms with van der Waals surface area (Å²) < 4.78 is 8.48. The molecule has 1 fully saturated rings. The minimum absolute atomic E-state index is 0.227. The van der Waals surface area contributed by atoms with Crippen molar-refractivity contribution in [3.63, 3.8) is 0 Å². The van der Waals surface area contributed by atoms with Crippen LogP contribution in [-0.4, -0.2) is 12.8 Å². The van der Waals surface area contributed by atoms with Crippen molar-refractivity contribution in [1.29, 1.82) is 0 Å². The van der Waals surface area contributed by atoms with E-state index >= 15 is 0 Å². The molecule has 1 aromatic carbocycles. The smallest absolute Gasteiger partial charge is 0.227 e. The van der Waals surface area contributed by atoms with E-state index in [4.69, 9.17) is 12.3 Å². The highest BCUT2D eigenvalue weighted by atomic mass is 16.3. The Morgan fingerprint density at radius 2 is 1.76 bits per heavy atom. The van der Waals surface area contributed by atoms with Gasteiger partial charge in [-0.3, -0.25) is 0 Å². The van der Waals surface area contributed by atoms with E-state index in [1.807, 2.05) is 13.0 Å². The fraction of sp³-hybridized carbons (Fsp3) is 0.360. The van der Waals surface area contributed by atoms with E-state index in [-0.39, 0.29) is 5.31 Å². The van der Waals surface area contributed by atoms with Gasteiger partial charge >= 0.3 is 0 Å². The Bertz CT molecular complexity index is 1230. The Hall–Kier alpha value is -2.62. The maximum atomic E-state index is 6.86. The average molecular weight is 381 g/mol. The van der Waals surface area contributed by atoms with Crippen LogP contribution in [0.1, 0.15) is 48.9 Å². The average Bonchev–Trinajstić information content (AvgIpc) is 3.06. The largest absolute Gasteiger partial charge is 0.437 e. The zero-order chi connectivity index (χ0) is 20.2. The maximum absolute atomic E-state index is 6.86. The number of nitrogens with zero attached hydrogens (tertiary/aromatic N) is 2. The summed E-state index contributed by atoms with van der Waals surface area (Å²) in [6.45, 7) is 4.14. The first-order valence-corrected chi connectivity index (χ1v) is 10.6. The quantitative estimate of drug-likeness (QED) is 0.343. The van der Waals surface area contributed by atoms with Crippen LogP contribution < -0.4 is 4.57 Å². The molecule has 0 amide bonds. The Morgan fingerprint density at radius 3 is 2.55 bits per heavy atom. The first kappa shape index (κ1) is 18.4. The van der Waals surface area contributed by atoms with Gasteiger partial charge in [-0.2, -0.15) is 0 Å². The molecule has 29 heavy (non-hydrogen) atoms. The minimum atomic E-state index is -0.227. The lowest BCUT2D eigenvalue weighted by atomic mass is 9.57. The Kier molecular flexibility index (Phi) is 4.27. The van der Waals surface area contributed by atoms with Crippen LogP contribution in [0, 0.1) is 13.8 Å². The van der Waals surface area contributed by atoms with Gasteiger partial charge < -0.3 is 4.42 Å². The molecule has 4 aromatic rings. The molecule has 0 spiro atoms. The van der Waals surface area contributed by atoms with Crippen molar-refractivity contribution in [2.24, 2.45) is 7.05 Å². The van der Waals surface area contributed by atoms with Crippen LogP contribution in [0.5, 0.6) is 0 Å². The summed E-state index contributed by atoms with van der Waals surface area (Å²) in [5, 5.41) is 1.95. The third kappa shape index (κ3) is 2.97. The van der Waals surface area contributed by atoms with E-state index < -0.39 is 0 Å². The molecule has 0 N–H and O–H groups in total. The summed E-state index contributed by atoms with van der Waals surface area (Å²) in [4.78, 5) is 4.61. The fourth-order valence-electron chi connectivity index (χ4n) is 4.83. The van der Waals surface area contributed by atoms with Gasteiger partial charge in [0.1, 0.15) is 7.05 Å². The number of hydrogen-bond donors (Lipinski definition) is 0. The van der Waals surface area contributed by atoms with Crippen LogP contribution in [0.4, 0.5) is 0 Å². The summed E-state index contributed by atoms with van der Waals surface area (Å²) in [6.07, 6.45) is 7.94. The molecule has 144 valence electrons. The van der Waals surface area contributed by atoms with E-state index in [2.05, 4.69) is 60.1 Å². The van der Waals surface area contributed by atoms with Crippen LogP contribution in [0.15, 0.2) is 47.0 Å². The molecular formula is C25H26BN2O+. The summed E-state index contributed by atoms with van der Waals surface area (Å²) in [5.74, 6) is 0. The molecule has 0 atom stereocenters. The molecule has 1 aliphatic carbocycles. The lowest BCUT2D eigenvalue weighted by molar-refractivity contribution is -0.660. The zero-order valence-electron chi connectivity index (χ0n) is 17.5. The first-order chi connectivity index (χ1) is 14.0. The van der Waals surface area contributed by atoms with Crippen molar-refractivity contribution in [3.05, 3.63) is 59.4 Å². The number of aryl methyl sites for hydroxylation is 3. The monoisotopic (exact) mass is 381 g/mol. The molecule has 0 saturated heterocycles. The summed E-state index contributed by atoms with van der Waals surface area (Å²) >= 11 is 0. The van der Waals surface area contributed by atoms with Crippen molar-refractivity contribution in [1.82, 2.24) is 4.98 Å². The van der Waals surface area contributed by atoms with Gasteiger partial charge in [-0.25, -0.2) is 9.55 Å². The number of benzene rings is 1. The highest BCUT2D eigenvalue weighted by molar-refractivity contribution is 6.16. The second-order valence-corrected chi connectivity index (χ2v) is 8.67. The lowest BCUT2D eigenvalue weighted by Crippen LogP contribution is -2.35. The van der Waals surface area contributed by atoms with Crippen LogP contribution in [0.25, 0.3) is 33.3 Å². The van der Waals surface area contributed by atoms with Gasteiger partial charge in [-0.1, -0.05) is 44.2 Å².